The average Bonchev–Trinajstić information content (AvgIpc) is 3.03. The van der Waals surface area contributed by atoms with Crippen molar-refractivity contribution in [3.05, 3.63) is 35.9 Å². The minimum Gasteiger partial charge on any atom is -0.486 e. The molecule has 0 unspecified atom stereocenters. The van der Waals surface area contributed by atoms with Crippen LogP contribution < -0.4 is 14.2 Å². The Morgan fingerprint density at radius 3 is 2.89 bits per heavy atom. The molecular weight excluding hydrogens is 248 g/mol. The number of imidazole rings is 1. The zero-order chi connectivity index (χ0) is 13.2. The van der Waals surface area contributed by atoms with E-state index < -0.39 is 0 Å². The fourth-order valence-corrected chi connectivity index (χ4v) is 1.83. The number of carbonyl (C=O) groups is 1. The van der Waals surface area contributed by atoms with Gasteiger partial charge in [0.25, 0.3) is 0 Å². The van der Waals surface area contributed by atoms with Gasteiger partial charge in [-0.1, -0.05) is 0 Å². The number of hydrogen-bond acceptors (Lipinski definition) is 5. The van der Waals surface area contributed by atoms with Crippen LogP contribution in [-0.2, 0) is 13.7 Å². The van der Waals surface area contributed by atoms with Crippen molar-refractivity contribution in [1.29, 1.82) is 0 Å². The van der Waals surface area contributed by atoms with Gasteiger partial charge in [-0.05, 0) is 6.07 Å². The van der Waals surface area contributed by atoms with Crippen molar-refractivity contribution in [1.82, 2.24) is 9.55 Å². The molecule has 98 valence electrons. The number of aryl methyl sites for hydroxylation is 1. The molecule has 0 radical (unpaired) electrons. The predicted octanol–water partition coefficient (Wildman–Crippen LogP) is 1.54. The third-order valence-electron chi connectivity index (χ3n) is 2.92. The molecular formula is C13H12N2O4. The van der Waals surface area contributed by atoms with Gasteiger partial charge in [0.05, 0.1) is 23.8 Å². The van der Waals surface area contributed by atoms with Crippen molar-refractivity contribution in [2.75, 3.05) is 6.79 Å². The molecule has 2 aromatic rings. The quantitative estimate of drug-likeness (QED) is 0.780. The van der Waals surface area contributed by atoms with Crippen LogP contribution in [0.15, 0.2) is 24.7 Å². The maximum atomic E-state index is 11.1. The number of ether oxygens (including phenoxy) is 3. The standard InChI is InChI=1S/C13H12N2O4/c1-15-7-14-4-10(15)6-17-11-3-13-12(18-8-19-13)2-9(11)5-16/h2-5,7H,6,8H2,1H3. The van der Waals surface area contributed by atoms with Gasteiger partial charge in [-0.3, -0.25) is 4.79 Å². The Hall–Kier alpha value is -2.50. The number of fused-ring (bicyclic) bond motifs is 1. The second-order valence-corrected chi connectivity index (χ2v) is 4.15. The second-order valence-electron chi connectivity index (χ2n) is 4.15. The summed E-state index contributed by atoms with van der Waals surface area (Å²) < 4.78 is 18.0. The van der Waals surface area contributed by atoms with Crippen LogP contribution in [0.5, 0.6) is 17.2 Å². The van der Waals surface area contributed by atoms with Crippen LogP contribution in [-0.4, -0.2) is 22.6 Å². The molecule has 6 nitrogen and oxygen atoms in total. The van der Waals surface area contributed by atoms with E-state index in [1.54, 1.807) is 24.7 Å². The SMILES string of the molecule is Cn1cncc1COc1cc2c(cc1C=O)OCO2. The Bertz CT molecular complexity index is 621. The summed E-state index contributed by atoms with van der Waals surface area (Å²) in [4.78, 5) is 15.1. The molecule has 0 fully saturated rings. The van der Waals surface area contributed by atoms with Crippen LogP contribution in [0.25, 0.3) is 0 Å². The molecule has 3 rings (SSSR count). The highest BCUT2D eigenvalue weighted by molar-refractivity contribution is 5.81. The second kappa shape index (κ2) is 4.64. The van der Waals surface area contributed by atoms with E-state index in [1.165, 1.54) is 0 Å². The van der Waals surface area contributed by atoms with Gasteiger partial charge in [-0.25, -0.2) is 4.98 Å². The summed E-state index contributed by atoms with van der Waals surface area (Å²) in [6, 6.07) is 3.29. The highest BCUT2D eigenvalue weighted by Crippen LogP contribution is 2.37. The number of carbonyl (C=O) groups excluding carboxylic acids is 1. The van der Waals surface area contributed by atoms with Crippen LogP contribution in [0, 0.1) is 0 Å². The Morgan fingerprint density at radius 1 is 1.42 bits per heavy atom. The third-order valence-corrected chi connectivity index (χ3v) is 2.92. The summed E-state index contributed by atoms with van der Waals surface area (Å²) in [5.74, 6) is 1.63. The first-order valence-electron chi connectivity index (χ1n) is 5.75. The summed E-state index contributed by atoms with van der Waals surface area (Å²) in [7, 11) is 1.88. The van der Waals surface area contributed by atoms with E-state index in [4.69, 9.17) is 14.2 Å². The van der Waals surface area contributed by atoms with E-state index in [-0.39, 0.29) is 6.79 Å². The molecule has 0 spiro atoms. The Morgan fingerprint density at radius 2 is 2.21 bits per heavy atom. The lowest BCUT2D eigenvalue weighted by atomic mass is 10.2. The maximum Gasteiger partial charge on any atom is 0.231 e. The smallest absolute Gasteiger partial charge is 0.231 e. The lowest BCUT2D eigenvalue weighted by Gasteiger charge is -2.09. The molecule has 0 saturated carbocycles. The lowest BCUT2D eigenvalue weighted by Crippen LogP contribution is -2.02. The molecule has 0 bridgehead atoms. The maximum absolute atomic E-state index is 11.1. The largest absolute Gasteiger partial charge is 0.486 e. The molecule has 0 aliphatic carbocycles. The first kappa shape index (κ1) is 11.6. The number of aromatic nitrogens is 2. The monoisotopic (exact) mass is 260 g/mol. The summed E-state index contributed by atoms with van der Waals surface area (Å²) in [5.41, 5.74) is 1.35. The highest BCUT2D eigenvalue weighted by Gasteiger charge is 2.18. The summed E-state index contributed by atoms with van der Waals surface area (Å²) in [5, 5.41) is 0. The van der Waals surface area contributed by atoms with E-state index in [9.17, 15) is 4.79 Å². The van der Waals surface area contributed by atoms with E-state index in [2.05, 4.69) is 4.98 Å². The summed E-state index contributed by atoms with van der Waals surface area (Å²) >= 11 is 0. The van der Waals surface area contributed by atoms with Gasteiger partial charge in [-0.2, -0.15) is 0 Å². The minimum absolute atomic E-state index is 0.165. The molecule has 0 amide bonds. The topological polar surface area (TPSA) is 62.6 Å². The molecule has 19 heavy (non-hydrogen) atoms. The van der Waals surface area contributed by atoms with Crippen molar-refractivity contribution in [3.8, 4) is 17.2 Å². The van der Waals surface area contributed by atoms with E-state index in [0.717, 1.165) is 12.0 Å². The first-order chi connectivity index (χ1) is 9.28. The average molecular weight is 260 g/mol. The number of rotatable bonds is 4. The molecule has 1 aromatic carbocycles. The molecule has 0 saturated heterocycles. The van der Waals surface area contributed by atoms with E-state index in [1.807, 2.05) is 11.6 Å². The predicted molar refractivity (Wildman–Crippen MR) is 65.5 cm³/mol. The van der Waals surface area contributed by atoms with Crippen molar-refractivity contribution in [2.45, 2.75) is 6.61 Å². The Kier molecular flexibility index (Phi) is 2.83. The Balaban J connectivity index is 1.84. The normalized spacial score (nSPS) is 12.5. The van der Waals surface area contributed by atoms with Crippen molar-refractivity contribution >= 4 is 6.29 Å². The van der Waals surface area contributed by atoms with Gasteiger partial charge in [-0.15, -0.1) is 0 Å². The summed E-state index contributed by atoms with van der Waals surface area (Å²) in [6.07, 6.45) is 4.15. The molecule has 1 aliphatic rings. The van der Waals surface area contributed by atoms with Crippen LogP contribution in [0.4, 0.5) is 0 Å². The van der Waals surface area contributed by atoms with Gasteiger partial charge in [0.1, 0.15) is 12.4 Å². The van der Waals surface area contributed by atoms with Gasteiger partial charge in [0.2, 0.25) is 6.79 Å². The molecule has 0 atom stereocenters. The number of nitrogens with zero attached hydrogens (tertiary/aromatic N) is 2. The molecule has 0 N–H and O–H groups in total. The molecule has 1 aliphatic heterocycles. The van der Waals surface area contributed by atoms with Crippen molar-refractivity contribution < 1.29 is 19.0 Å². The van der Waals surface area contributed by atoms with Crippen molar-refractivity contribution in [2.24, 2.45) is 7.05 Å². The Labute approximate surface area is 109 Å². The number of benzene rings is 1. The number of aldehydes is 1. The third kappa shape index (κ3) is 2.12. The number of hydrogen-bond donors (Lipinski definition) is 0. The molecule has 1 aromatic heterocycles. The lowest BCUT2D eigenvalue weighted by molar-refractivity contribution is 0.111. The zero-order valence-corrected chi connectivity index (χ0v) is 10.3. The van der Waals surface area contributed by atoms with E-state index >= 15 is 0 Å². The molecule has 2 heterocycles. The fraction of sp³-hybridized carbons (Fsp3) is 0.231. The molecule has 6 heteroatoms. The highest BCUT2D eigenvalue weighted by atomic mass is 16.7. The van der Waals surface area contributed by atoms with E-state index in [0.29, 0.717) is 29.4 Å². The van der Waals surface area contributed by atoms with Gasteiger partial charge in [0.15, 0.2) is 17.8 Å². The van der Waals surface area contributed by atoms with Gasteiger partial charge < -0.3 is 18.8 Å². The summed E-state index contributed by atoms with van der Waals surface area (Å²) in [6.45, 7) is 0.496. The van der Waals surface area contributed by atoms with Crippen LogP contribution >= 0.6 is 0 Å². The zero-order valence-electron chi connectivity index (χ0n) is 10.3. The van der Waals surface area contributed by atoms with Gasteiger partial charge >= 0.3 is 0 Å². The first-order valence-corrected chi connectivity index (χ1v) is 5.75. The van der Waals surface area contributed by atoms with Crippen LogP contribution in [0.1, 0.15) is 16.1 Å². The minimum atomic E-state index is 0.165. The van der Waals surface area contributed by atoms with Crippen LogP contribution in [0.2, 0.25) is 0 Å². The van der Waals surface area contributed by atoms with Crippen LogP contribution in [0.3, 0.4) is 0 Å². The van der Waals surface area contributed by atoms with Crippen molar-refractivity contribution in [3.63, 3.8) is 0 Å². The fourth-order valence-electron chi connectivity index (χ4n) is 1.83. The van der Waals surface area contributed by atoms with Gasteiger partial charge in [0, 0.05) is 13.1 Å².